The zero-order valence-corrected chi connectivity index (χ0v) is 15.0. The molecule has 2 heterocycles. The monoisotopic (exact) mass is 328 g/mol. The van der Waals surface area contributed by atoms with Gasteiger partial charge in [-0.15, -0.1) is 0 Å². The van der Waals surface area contributed by atoms with E-state index in [1.807, 2.05) is 13.0 Å². The molecule has 24 heavy (non-hydrogen) atoms. The molecule has 0 saturated carbocycles. The van der Waals surface area contributed by atoms with E-state index < -0.39 is 0 Å². The van der Waals surface area contributed by atoms with Gasteiger partial charge in [0.2, 0.25) is 0 Å². The summed E-state index contributed by atoms with van der Waals surface area (Å²) in [6, 6.07) is 8.77. The Kier molecular flexibility index (Phi) is 5.53. The maximum absolute atomic E-state index is 5.20. The topological polar surface area (TPSA) is 44.5 Å². The van der Waals surface area contributed by atoms with Gasteiger partial charge in [0.1, 0.15) is 0 Å². The summed E-state index contributed by atoms with van der Waals surface area (Å²) < 4.78 is 5.20. The third-order valence-corrected chi connectivity index (χ3v) is 4.81. The van der Waals surface area contributed by atoms with Gasteiger partial charge in [0.15, 0.2) is 5.76 Å². The van der Waals surface area contributed by atoms with Gasteiger partial charge in [0, 0.05) is 51.0 Å². The lowest BCUT2D eigenvalue weighted by Gasteiger charge is -2.36. The maximum Gasteiger partial charge on any atom is 0.150 e. The van der Waals surface area contributed by atoms with Crippen LogP contribution in [0.4, 0.5) is 5.69 Å². The zero-order valence-electron chi connectivity index (χ0n) is 15.0. The molecule has 1 aliphatic rings. The number of nitrogens with zero attached hydrogens (tertiary/aromatic N) is 3. The Bertz CT molecular complexity index is 659. The summed E-state index contributed by atoms with van der Waals surface area (Å²) in [5, 5.41) is 7.33. The van der Waals surface area contributed by atoms with Crippen molar-refractivity contribution in [2.45, 2.75) is 27.3 Å². The summed E-state index contributed by atoms with van der Waals surface area (Å²) in [5.41, 5.74) is 5.04. The fourth-order valence-electron chi connectivity index (χ4n) is 3.10. The van der Waals surface area contributed by atoms with E-state index >= 15 is 0 Å². The average molecular weight is 328 g/mol. The van der Waals surface area contributed by atoms with Gasteiger partial charge in [-0.2, -0.15) is 0 Å². The van der Waals surface area contributed by atoms with Crippen molar-refractivity contribution in [2.75, 3.05) is 44.2 Å². The number of nitrogens with one attached hydrogen (secondary N) is 1. The Morgan fingerprint density at radius 3 is 2.50 bits per heavy atom. The van der Waals surface area contributed by atoms with Crippen molar-refractivity contribution >= 4 is 5.69 Å². The SMILES string of the molecule is Cc1cc(CNCCN2CCN(c3ccc(C)c(C)c3)CC2)on1. The van der Waals surface area contributed by atoms with E-state index in [9.17, 15) is 0 Å². The number of hydrogen-bond acceptors (Lipinski definition) is 5. The Hall–Kier alpha value is -1.85. The molecule has 0 spiro atoms. The summed E-state index contributed by atoms with van der Waals surface area (Å²) in [7, 11) is 0. The van der Waals surface area contributed by atoms with Crippen LogP contribution in [0.25, 0.3) is 0 Å². The molecule has 0 aliphatic carbocycles. The Balaban J connectivity index is 1.38. The summed E-state index contributed by atoms with van der Waals surface area (Å²) >= 11 is 0. The van der Waals surface area contributed by atoms with E-state index in [2.05, 4.69) is 52.3 Å². The van der Waals surface area contributed by atoms with Crippen LogP contribution < -0.4 is 10.2 Å². The molecule has 3 rings (SSSR count). The van der Waals surface area contributed by atoms with Crippen LogP contribution in [0.1, 0.15) is 22.6 Å². The molecule has 2 aromatic rings. The highest BCUT2D eigenvalue weighted by atomic mass is 16.5. The van der Waals surface area contributed by atoms with Gasteiger partial charge in [-0.25, -0.2) is 0 Å². The van der Waals surface area contributed by atoms with Crippen LogP contribution in [0, 0.1) is 20.8 Å². The van der Waals surface area contributed by atoms with Crippen molar-refractivity contribution in [1.29, 1.82) is 0 Å². The van der Waals surface area contributed by atoms with E-state index in [4.69, 9.17) is 4.52 Å². The number of hydrogen-bond donors (Lipinski definition) is 1. The van der Waals surface area contributed by atoms with E-state index in [-0.39, 0.29) is 0 Å². The van der Waals surface area contributed by atoms with Crippen molar-refractivity contribution in [3.8, 4) is 0 Å². The minimum absolute atomic E-state index is 0.753. The Labute approximate surface area is 144 Å². The first-order valence-corrected chi connectivity index (χ1v) is 8.79. The van der Waals surface area contributed by atoms with Crippen LogP contribution in [0.5, 0.6) is 0 Å². The normalized spacial score (nSPS) is 15.9. The fraction of sp³-hybridized carbons (Fsp3) is 0.526. The molecule has 0 bridgehead atoms. The Morgan fingerprint density at radius 1 is 1.04 bits per heavy atom. The van der Waals surface area contributed by atoms with Crippen molar-refractivity contribution in [3.63, 3.8) is 0 Å². The molecule has 5 nitrogen and oxygen atoms in total. The smallest absolute Gasteiger partial charge is 0.150 e. The van der Waals surface area contributed by atoms with Gasteiger partial charge in [-0.1, -0.05) is 11.2 Å². The largest absolute Gasteiger partial charge is 0.369 e. The first kappa shape index (κ1) is 17.0. The third kappa shape index (κ3) is 4.36. The molecule has 130 valence electrons. The second kappa shape index (κ2) is 7.81. The van der Waals surface area contributed by atoms with E-state index in [0.29, 0.717) is 0 Å². The van der Waals surface area contributed by atoms with Gasteiger partial charge in [0.25, 0.3) is 0 Å². The van der Waals surface area contributed by atoms with Crippen molar-refractivity contribution < 1.29 is 4.52 Å². The molecule has 1 aromatic carbocycles. The van der Waals surface area contributed by atoms with Gasteiger partial charge in [-0.3, -0.25) is 4.90 Å². The van der Waals surface area contributed by atoms with Crippen molar-refractivity contribution in [3.05, 3.63) is 46.8 Å². The second-order valence-corrected chi connectivity index (χ2v) is 6.71. The van der Waals surface area contributed by atoms with Gasteiger partial charge in [-0.05, 0) is 44.0 Å². The molecule has 0 radical (unpaired) electrons. The van der Waals surface area contributed by atoms with Crippen LogP contribution in [0.15, 0.2) is 28.8 Å². The molecule has 0 atom stereocenters. The van der Waals surface area contributed by atoms with E-state index in [1.54, 1.807) is 0 Å². The number of benzene rings is 1. The lowest BCUT2D eigenvalue weighted by molar-refractivity contribution is 0.255. The molecule has 1 N–H and O–H groups in total. The number of aromatic nitrogens is 1. The van der Waals surface area contributed by atoms with Crippen LogP contribution >= 0.6 is 0 Å². The maximum atomic E-state index is 5.20. The molecule has 1 aliphatic heterocycles. The first-order chi connectivity index (χ1) is 11.6. The van der Waals surface area contributed by atoms with Gasteiger partial charge < -0.3 is 14.7 Å². The van der Waals surface area contributed by atoms with Crippen LogP contribution in [0.3, 0.4) is 0 Å². The van der Waals surface area contributed by atoms with Crippen LogP contribution in [0.2, 0.25) is 0 Å². The molecule has 1 saturated heterocycles. The van der Waals surface area contributed by atoms with Gasteiger partial charge >= 0.3 is 0 Å². The zero-order chi connectivity index (χ0) is 16.9. The van der Waals surface area contributed by atoms with Crippen molar-refractivity contribution in [1.82, 2.24) is 15.4 Å². The quantitative estimate of drug-likeness (QED) is 0.826. The standard InChI is InChI=1S/C19H28N4O/c1-15-4-5-18(12-16(15)2)23-10-8-22(9-11-23)7-6-20-14-19-13-17(3)21-24-19/h4-5,12-13,20H,6-11,14H2,1-3H3. The lowest BCUT2D eigenvalue weighted by atomic mass is 10.1. The minimum atomic E-state index is 0.753. The molecule has 1 fully saturated rings. The molecular formula is C19H28N4O. The van der Waals surface area contributed by atoms with Crippen molar-refractivity contribution in [2.24, 2.45) is 0 Å². The summed E-state index contributed by atoms with van der Waals surface area (Å²) in [4.78, 5) is 5.02. The fourth-order valence-corrected chi connectivity index (χ4v) is 3.10. The first-order valence-electron chi connectivity index (χ1n) is 8.79. The highest BCUT2D eigenvalue weighted by Crippen LogP contribution is 2.20. The number of aryl methyl sites for hydroxylation is 3. The third-order valence-electron chi connectivity index (χ3n) is 4.81. The summed E-state index contributed by atoms with van der Waals surface area (Å²) in [6.45, 7) is 13.6. The highest BCUT2D eigenvalue weighted by Gasteiger charge is 2.17. The number of rotatable bonds is 6. The summed E-state index contributed by atoms with van der Waals surface area (Å²) in [5.74, 6) is 0.909. The number of piperazine rings is 1. The highest BCUT2D eigenvalue weighted by molar-refractivity contribution is 5.51. The lowest BCUT2D eigenvalue weighted by Crippen LogP contribution is -2.48. The van der Waals surface area contributed by atoms with Gasteiger partial charge in [0.05, 0.1) is 12.2 Å². The molecular weight excluding hydrogens is 300 g/mol. The predicted molar refractivity (Wildman–Crippen MR) is 97.5 cm³/mol. The molecule has 0 unspecified atom stereocenters. The average Bonchev–Trinajstić information content (AvgIpc) is 3.00. The predicted octanol–water partition coefficient (Wildman–Crippen LogP) is 2.51. The summed E-state index contributed by atoms with van der Waals surface area (Å²) in [6.07, 6.45) is 0. The molecule has 0 amide bonds. The second-order valence-electron chi connectivity index (χ2n) is 6.71. The van der Waals surface area contributed by atoms with E-state index in [0.717, 1.165) is 57.3 Å². The minimum Gasteiger partial charge on any atom is -0.369 e. The molecule has 1 aromatic heterocycles. The molecule has 5 heteroatoms. The van der Waals surface area contributed by atoms with Crippen LogP contribution in [-0.2, 0) is 6.54 Å². The van der Waals surface area contributed by atoms with Crippen LogP contribution in [-0.4, -0.2) is 49.3 Å². The van der Waals surface area contributed by atoms with E-state index in [1.165, 1.54) is 16.8 Å². The number of anilines is 1. The Morgan fingerprint density at radius 2 is 1.83 bits per heavy atom.